The highest BCUT2D eigenvalue weighted by atomic mass is 35.5. The molecule has 1 aliphatic rings. The number of hydrogen-bond donors (Lipinski definition) is 2. The average molecular weight is 283 g/mol. The van der Waals surface area contributed by atoms with E-state index in [-0.39, 0.29) is 23.9 Å². The van der Waals surface area contributed by atoms with Gasteiger partial charge < -0.3 is 11.1 Å². The molecule has 1 amide bonds. The first-order valence-electron chi connectivity index (χ1n) is 6.69. The highest BCUT2D eigenvalue weighted by Gasteiger charge is 2.41. The molecule has 1 unspecified atom stereocenters. The van der Waals surface area contributed by atoms with Crippen LogP contribution in [0.4, 0.5) is 0 Å². The van der Waals surface area contributed by atoms with Gasteiger partial charge in [0, 0.05) is 13.0 Å². The summed E-state index contributed by atoms with van der Waals surface area (Å²) in [5.74, 6) is 0.682. The largest absolute Gasteiger partial charge is 0.349 e. The zero-order valence-corrected chi connectivity index (χ0v) is 12.2. The second kappa shape index (κ2) is 6.92. The standard InChI is InChI=1S/C15H22N2O.ClH/c1-15(11-16,13-8-9-13)17-14(18)10-7-12-5-3-2-4-6-12;/h2-6,13H,7-11,16H2,1H3,(H,17,18);1H. The fourth-order valence-electron chi connectivity index (χ4n) is 2.32. The molecule has 3 nitrogen and oxygen atoms in total. The summed E-state index contributed by atoms with van der Waals surface area (Å²) in [5, 5.41) is 3.11. The van der Waals surface area contributed by atoms with E-state index in [0.717, 1.165) is 6.42 Å². The van der Waals surface area contributed by atoms with Gasteiger partial charge in [-0.1, -0.05) is 30.3 Å². The fraction of sp³-hybridized carbons (Fsp3) is 0.533. The van der Waals surface area contributed by atoms with Crippen LogP contribution in [-0.2, 0) is 11.2 Å². The number of aryl methyl sites for hydroxylation is 1. The molecule has 0 aliphatic heterocycles. The second-order valence-electron chi connectivity index (χ2n) is 5.43. The molecule has 4 heteroatoms. The van der Waals surface area contributed by atoms with Gasteiger partial charge in [-0.15, -0.1) is 12.4 Å². The molecule has 3 N–H and O–H groups in total. The topological polar surface area (TPSA) is 55.1 Å². The molecular formula is C15H23ClN2O. The van der Waals surface area contributed by atoms with E-state index in [1.165, 1.54) is 18.4 Å². The fourth-order valence-corrected chi connectivity index (χ4v) is 2.32. The van der Waals surface area contributed by atoms with Gasteiger partial charge in [-0.25, -0.2) is 0 Å². The van der Waals surface area contributed by atoms with Gasteiger partial charge in [0.05, 0.1) is 5.54 Å². The van der Waals surface area contributed by atoms with Crippen LogP contribution in [0.2, 0.25) is 0 Å². The number of hydrogen-bond acceptors (Lipinski definition) is 2. The molecule has 1 aliphatic carbocycles. The smallest absolute Gasteiger partial charge is 0.220 e. The van der Waals surface area contributed by atoms with E-state index in [9.17, 15) is 4.79 Å². The van der Waals surface area contributed by atoms with Crippen LogP contribution in [0, 0.1) is 5.92 Å². The highest BCUT2D eigenvalue weighted by molar-refractivity contribution is 5.85. The Morgan fingerprint density at radius 3 is 2.53 bits per heavy atom. The summed E-state index contributed by atoms with van der Waals surface area (Å²) in [6, 6.07) is 10.1. The van der Waals surface area contributed by atoms with Gasteiger partial charge >= 0.3 is 0 Å². The average Bonchev–Trinajstić information content (AvgIpc) is 3.22. The Morgan fingerprint density at radius 1 is 1.37 bits per heavy atom. The number of amides is 1. The lowest BCUT2D eigenvalue weighted by Crippen LogP contribution is -2.53. The van der Waals surface area contributed by atoms with Crippen molar-refractivity contribution in [3.63, 3.8) is 0 Å². The number of carbonyl (C=O) groups excluding carboxylic acids is 1. The Morgan fingerprint density at radius 2 is 2.00 bits per heavy atom. The van der Waals surface area contributed by atoms with E-state index in [2.05, 4.69) is 24.4 Å². The lowest BCUT2D eigenvalue weighted by molar-refractivity contribution is -0.123. The number of halogens is 1. The molecule has 0 bridgehead atoms. The SMILES string of the molecule is CC(CN)(NC(=O)CCc1ccccc1)C1CC1.Cl. The summed E-state index contributed by atoms with van der Waals surface area (Å²) in [4.78, 5) is 12.0. The molecule has 1 atom stereocenters. The van der Waals surface area contributed by atoms with Crippen molar-refractivity contribution < 1.29 is 4.79 Å². The maximum absolute atomic E-state index is 12.0. The Labute approximate surface area is 121 Å². The number of benzene rings is 1. The van der Waals surface area contributed by atoms with Crippen molar-refractivity contribution >= 4 is 18.3 Å². The van der Waals surface area contributed by atoms with E-state index < -0.39 is 0 Å². The van der Waals surface area contributed by atoms with Crippen LogP contribution >= 0.6 is 12.4 Å². The molecule has 0 spiro atoms. The van der Waals surface area contributed by atoms with Gasteiger partial charge in [-0.05, 0) is 37.7 Å². The summed E-state index contributed by atoms with van der Waals surface area (Å²) < 4.78 is 0. The van der Waals surface area contributed by atoms with Crippen LogP contribution in [-0.4, -0.2) is 18.0 Å². The van der Waals surface area contributed by atoms with Crippen molar-refractivity contribution in [2.45, 2.75) is 38.1 Å². The highest BCUT2D eigenvalue weighted by Crippen LogP contribution is 2.38. The molecule has 0 radical (unpaired) electrons. The van der Waals surface area contributed by atoms with Crippen LogP contribution in [0.15, 0.2) is 30.3 Å². The molecule has 1 aromatic rings. The molecule has 0 aromatic heterocycles. The van der Waals surface area contributed by atoms with Crippen molar-refractivity contribution in [1.29, 1.82) is 0 Å². The normalized spacial score (nSPS) is 17.2. The maximum atomic E-state index is 12.0. The first-order chi connectivity index (χ1) is 8.64. The molecule has 0 heterocycles. The van der Waals surface area contributed by atoms with Gasteiger partial charge in [-0.3, -0.25) is 4.79 Å². The first-order valence-corrected chi connectivity index (χ1v) is 6.69. The zero-order chi connectivity index (χ0) is 13.0. The van der Waals surface area contributed by atoms with Gasteiger partial charge in [0.1, 0.15) is 0 Å². The van der Waals surface area contributed by atoms with Crippen LogP contribution in [0.5, 0.6) is 0 Å². The predicted octanol–water partition coefficient (Wildman–Crippen LogP) is 2.28. The summed E-state index contributed by atoms with van der Waals surface area (Å²) in [6.45, 7) is 2.58. The third kappa shape index (κ3) is 4.51. The van der Waals surface area contributed by atoms with Crippen molar-refractivity contribution in [3.05, 3.63) is 35.9 Å². The number of nitrogens with one attached hydrogen (secondary N) is 1. The number of carbonyl (C=O) groups is 1. The van der Waals surface area contributed by atoms with E-state index in [1.807, 2.05) is 18.2 Å². The Hall–Kier alpha value is -1.06. The Kier molecular flexibility index (Phi) is 5.83. The molecule has 106 valence electrons. The molecule has 19 heavy (non-hydrogen) atoms. The minimum atomic E-state index is -0.201. The van der Waals surface area contributed by atoms with E-state index in [0.29, 0.717) is 18.9 Å². The van der Waals surface area contributed by atoms with Gasteiger partial charge in [-0.2, -0.15) is 0 Å². The summed E-state index contributed by atoms with van der Waals surface area (Å²) in [5.41, 5.74) is 6.79. The minimum Gasteiger partial charge on any atom is -0.349 e. The summed E-state index contributed by atoms with van der Waals surface area (Å²) in [6.07, 6.45) is 3.70. The van der Waals surface area contributed by atoms with Crippen LogP contribution in [0.1, 0.15) is 31.7 Å². The van der Waals surface area contributed by atoms with Gasteiger partial charge in [0.25, 0.3) is 0 Å². The van der Waals surface area contributed by atoms with Crippen LogP contribution in [0.25, 0.3) is 0 Å². The number of nitrogens with two attached hydrogens (primary N) is 1. The summed E-state index contributed by atoms with van der Waals surface area (Å²) in [7, 11) is 0. The van der Waals surface area contributed by atoms with Crippen LogP contribution < -0.4 is 11.1 Å². The lowest BCUT2D eigenvalue weighted by Gasteiger charge is -2.29. The van der Waals surface area contributed by atoms with Gasteiger partial charge in [0.15, 0.2) is 0 Å². The monoisotopic (exact) mass is 282 g/mol. The van der Waals surface area contributed by atoms with Crippen LogP contribution in [0.3, 0.4) is 0 Å². The van der Waals surface area contributed by atoms with Crippen molar-refractivity contribution in [3.8, 4) is 0 Å². The Bertz CT molecular complexity index is 406. The van der Waals surface area contributed by atoms with Gasteiger partial charge in [0.2, 0.25) is 5.91 Å². The van der Waals surface area contributed by atoms with Crippen molar-refractivity contribution in [1.82, 2.24) is 5.32 Å². The van der Waals surface area contributed by atoms with E-state index in [4.69, 9.17) is 5.73 Å². The predicted molar refractivity (Wildman–Crippen MR) is 80.3 cm³/mol. The number of rotatable bonds is 6. The van der Waals surface area contributed by atoms with Crippen molar-refractivity contribution in [2.24, 2.45) is 11.7 Å². The maximum Gasteiger partial charge on any atom is 0.220 e. The van der Waals surface area contributed by atoms with E-state index in [1.54, 1.807) is 0 Å². The molecule has 1 saturated carbocycles. The molecule has 1 fully saturated rings. The third-order valence-corrected chi connectivity index (χ3v) is 3.81. The lowest BCUT2D eigenvalue weighted by atomic mass is 9.95. The first kappa shape index (κ1) is 16.0. The zero-order valence-electron chi connectivity index (χ0n) is 11.4. The molecule has 1 aromatic carbocycles. The second-order valence-corrected chi connectivity index (χ2v) is 5.43. The summed E-state index contributed by atoms with van der Waals surface area (Å²) >= 11 is 0. The third-order valence-electron chi connectivity index (χ3n) is 3.81. The van der Waals surface area contributed by atoms with E-state index >= 15 is 0 Å². The minimum absolute atomic E-state index is 0. The molecular weight excluding hydrogens is 260 g/mol. The molecule has 0 saturated heterocycles. The molecule has 2 rings (SSSR count). The van der Waals surface area contributed by atoms with Crippen molar-refractivity contribution in [2.75, 3.05) is 6.54 Å². The quantitative estimate of drug-likeness (QED) is 0.841. The Balaban J connectivity index is 0.00000180.